The molecule has 2 N–H and O–H groups in total. The number of allylic oxidation sites excluding steroid dienone is 3. The third-order valence-electron chi connectivity index (χ3n) is 6.10. The Bertz CT molecular complexity index is 487. The summed E-state index contributed by atoms with van der Waals surface area (Å²) in [7, 11) is 0. The van der Waals surface area contributed by atoms with E-state index in [1.165, 1.54) is 49.9 Å². The van der Waals surface area contributed by atoms with Crippen LogP contribution >= 0.6 is 0 Å². The van der Waals surface area contributed by atoms with Crippen molar-refractivity contribution >= 4 is 0 Å². The summed E-state index contributed by atoms with van der Waals surface area (Å²) in [4.78, 5) is 0. The Labute approximate surface area is 127 Å². The molecule has 2 nitrogen and oxygen atoms in total. The summed E-state index contributed by atoms with van der Waals surface area (Å²) in [6.07, 6.45) is 10.9. The molecule has 2 unspecified atom stereocenters. The number of rotatable bonds is 3. The highest BCUT2D eigenvalue weighted by Crippen LogP contribution is 2.64. The van der Waals surface area contributed by atoms with Crippen LogP contribution in [0.4, 0.5) is 4.39 Å². The number of hydrogen-bond donors (Lipinski definition) is 2. The van der Waals surface area contributed by atoms with Crippen molar-refractivity contribution in [1.82, 2.24) is 10.6 Å². The van der Waals surface area contributed by atoms with Crippen molar-refractivity contribution in [2.24, 2.45) is 11.3 Å². The molecular formula is C18H27FN2. The van der Waals surface area contributed by atoms with Crippen LogP contribution in [0.3, 0.4) is 0 Å². The fourth-order valence-corrected chi connectivity index (χ4v) is 4.62. The van der Waals surface area contributed by atoms with E-state index in [4.69, 9.17) is 0 Å². The van der Waals surface area contributed by atoms with Gasteiger partial charge in [0.1, 0.15) is 5.67 Å². The van der Waals surface area contributed by atoms with Gasteiger partial charge in [-0.1, -0.05) is 6.08 Å². The Morgan fingerprint density at radius 2 is 2.19 bits per heavy atom. The minimum atomic E-state index is -1.13. The zero-order valence-corrected chi connectivity index (χ0v) is 13.1. The monoisotopic (exact) mass is 290 g/mol. The summed E-state index contributed by atoms with van der Waals surface area (Å²) in [5.41, 5.74) is 1.95. The van der Waals surface area contributed by atoms with Crippen LogP contribution in [0.5, 0.6) is 0 Å². The van der Waals surface area contributed by atoms with Gasteiger partial charge in [0, 0.05) is 17.9 Å². The molecule has 0 bridgehead atoms. The molecule has 0 aromatic heterocycles. The second-order valence-corrected chi connectivity index (χ2v) is 7.78. The van der Waals surface area contributed by atoms with Crippen LogP contribution in [-0.4, -0.2) is 31.3 Å². The fraction of sp³-hybridized carbons (Fsp3) is 0.778. The standard InChI is InChI=1S/C18H27FN2/c1-17(19)6-2-14-3-7-18(15(14)10-17)11-16(18)21-12-13-4-8-20-9-5-13/h2,10,13,16,20-21H,3-9,11-12H2,1H3/t16?,17-,18?/m0/s1. The fourth-order valence-electron chi connectivity index (χ4n) is 4.62. The lowest BCUT2D eigenvalue weighted by Crippen LogP contribution is -2.35. The van der Waals surface area contributed by atoms with Gasteiger partial charge in [0.05, 0.1) is 0 Å². The molecular weight excluding hydrogens is 263 g/mol. The number of fused-ring (bicyclic) bond motifs is 2. The van der Waals surface area contributed by atoms with Crippen molar-refractivity contribution in [2.45, 2.75) is 57.2 Å². The average molecular weight is 290 g/mol. The molecule has 116 valence electrons. The van der Waals surface area contributed by atoms with Crippen LogP contribution in [0, 0.1) is 11.3 Å². The minimum Gasteiger partial charge on any atom is -0.317 e. The predicted molar refractivity (Wildman–Crippen MR) is 84.0 cm³/mol. The van der Waals surface area contributed by atoms with Crippen molar-refractivity contribution in [3.63, 3.8) is 0 Å². The van der Waals surface area contributed by atoms with Gasteiger partial charge in [-0.15, -0.1) is 0 Å². The van der Waals surface area contributed by atoms with Gasteiger partial charge in [0.15, 0.2) is 0 Å². The Kier molecular flexibility index (Phi) is 3.27. The van der Waals surface area contributed by atoms with Crippen molar-refractivity contribution < 1.29 is 4.39 Å². The quantitative estimate of drug-likeness (QED) is 0.834. The van der Waals surface area contributed by atoms with Gasteiger partial charge in [0.25, 0.3) is 0 Å². The van der Waals surface area contributed by atoms with Crippen LogP contribution in [0.15, 0.2) is 23.3 Å². The van der Waals surface area contributed by atoms with Gasteiger partial charge in [-0.3, -0.25) is 0 Å². The second-order valence-electron chi connectivity index (χ2n) is 7.78. The molecule has 1 aliphatic heterocycles. The maximum absolute atomic E-state index is 14.3. The Hall–Kier alpha value is -0.670. The smallest absolute Gasteiger partial charge is 0.130 e. The Morgan fingerprint density at radius 1 is 1.38 bits per heavy atom. The van der Waals surface area contributed by atoms with Gasteiger partial charge in [-0.05, 0) is 81.8 Å². The van der Waals surface area contributed by atoms with Gasteiger partial charge in [-0.25, -0.2) is 4.39 Å². The van der Waals surface area contributed by atoms with Crippen LogP contribution in [0.1, 0.15) is 45.4 Å². The van der Waals surface area contributed by atoms with E-state index >= 15 is 0 Å². The van der Waals surface area contributed by atoms with Crippen molar-refractivity contribution in [2.75, 3.05) is 19.6 Å². The first-order chi connectivity index (χ1) is 10.1. The molecule has 4 rings (SSSR count). The largest absolute Gasteiger partial charge is 0.317 e. The molecule has 3 heteroatoms. The molecule has 3 fully saturated rings. The zero-order chi connectivity index (χ0) is 14.5. The number of hydrogen-bond acceptors (Lipinski definition) is 2. The summed E-state index contributed by atoms with van der Waals surface area (Å²) >= 11 is 0. The molecule has 0 aromatic rings. The van der Waals surface area contributed by atoms with Crippen molar-refractivity contribution in [1.29, 1.82) is 0 Å². The zero-order valence-electron chi connectivity index (χ0n) is 13.1. The molecule has 2 saturated carbocycles. The predicted octanol–water partition coefficient (Wildman–Crippen LogP) is 3.11. The molecule has 0 amide bonds. The lowest BCUT2D eigenvalue weighted by molar-refractivity contribution is 0.255. The maximum atomic E-state index is 14.3. The molecule has 1 heterocycles. The van der Waals surface area contributed by atoms with Crippen molar-refractivity contribution in [3.05, 3.63) is 23.3 Å². The van der Waals surface area contributed by atoms with Crippen LogP contribution in [0.2, 0.25) is 0 Å². The lowest BCUT2D eigenvalue weighted by atomic mass is 9.86. The summed E-state index contributed by atoms with van der Waals surface area (Å²) in [5.74, 6) is 0.826. The third-order valence-corrected chi connectivity index (χ3v) is 6.10. The first kappa shape index (κ1) is 14.0. The van der Waals surface area contributed by atoms with Gasteiger partial charge < -0.3 is 10.6 Å². The molecule has 21 heavy (non-hydrogen) atoms. The molecule has 3 atom stereocenters. The highest BCUT2D eigenvalue weighted by Gasteiger charge is 2.60. The highest BCUT2D eigenvalue weighted by atomic mass is 19.1. The number of piperidine rings is 1. The van der Waals surface area contributed by atoms with Crippen LogP contribution in [0.25, 0.3) is 0 Å². The van der Waals surface area contributed by atoms with E-state index in [2.05, 4.69) is 16.7 Å². The maximum Gasteiger partial charge on any atom is 0.130 e. The summed E-state index contributed by atoms with van der Waals surface area (Å²) in [6, 6.07) is 0.596. The summed E-state index contributed by atoms with van der Waals surface area (Å²) in [6.45, 7) is 5.20. The van der Waals surface area contributed by atoms with E-state index in [1.54, 1.807) is 6.92 Å². The minimum absolute atomic E-state index is 0.284. The molecule has 0 radical (unpaired) electrons. The normalized spacial score (nSPS) is 42.7. The molecule has 4 aliphatic rings. The topological polar surface area (TPSA) is 24.1 Å². The Balaban J connectivity index is 1.41. The summed E-state index contributed by atoms with van der Waals surface area (Å²) in [5, 5.41) is 7.23. The molecule has 0 aromatic carbocycles. The van der Waals surface area contributed by atoms with E-state index in [0.717, 1.165) is 18.9 Å². The van der Waals surface area contributed by atoms with E-state index in [9.17, 15) is 4.39 Å². The van der Waals surface area contributed by atoms with Crippen LogP contribution < -0.4 is 10.6 Å². The van der Waals surface area contributed by atoms with E-state index in [-0.39, 0.29) is 5.41 Å². The van der Waals surface area contributed by atoms with Gasteiger partial charge in [0.2, 0.25) is 0 Å². The number of nitrogens with one attached hydrogen (secondary N) is 2. The van der Waals surface area contributed by atoms with Crippen molar-refractivity contribution in [3.8, 4) is 0 Å². The number of alkyl halides is 1. The molecule has 1 saturated heterocycles. The van der Waals surface area contributed by atoms with Gasteiger partial charge in [-0.2, -0.15) is 0 Å². The van der Waals surface area contributed by atoms with Gasteiger partial charge >= 0.3 is 0 Å². The number of halogens is 1. The summed E-state index contributed by atoms with van der Waals surface area (Å²) < 4.78 is 14.3. The second kappa shape index (κ2) is 4.92. The van der Waals surface area contributed by atoms with E-state index < -0.39 is 5.67 Å². The Morgan fingerprint density at radius 3 is 3.00 bits per heavy atom. The average Bonchev–Trinajstić information content (AvgIpc) is 3.08. The lowest BCUT2D eigenvalue weighted by Gasteiger charge is -2.25. The highest BCUT2D eigenvalue weighted by molar-refractivity contribution is 5.51. The van der Waals surface area contributed by atoms with E-state index in [1.807, 2.05) is 6.08 Å². The first-order valence-electron chi connectivity index (χ1n) is 8.65. The van der Waals surface area contributed by atoms with E-state index in [0.29, 0.717) is 12.5 Å². The van der Waals surface area contributed by atoms with Crippen LogP contribution in [-0.2, 0) is 0 Å². The third kappa shape index (κ3) is 2.49. The molecule has 1 spiro atoms. The SMILES string of the molecule is C[C@@]1(F)C=C2C(=CC1)CCC21CC1NCC1CCNCC1. The first-order valence-corrected chi connectivity index (χ1v) is 8.65. The molecule has 3 aliphatic carbocycles.